The average molecular weight is 473 g/mol. The summed E-state index contributed by atoms with van der Waals surface area (Å²) in [5, 5.41) is 21.5. The van der Waals surface area contributed by atoms with Crippen LogP contribution in [0.25, 0.3) is 0 Å². The van der Waals surface area contributed by atoms with Crippen molar-refractivity contribution < 1.29 is 29.3 Å². The highest BCUT2D eigenvalue weighted by Gasteiger charge is 2.55. The maximum Gasteiger partial charge on any atom is 0.311 e. The van der Waals surface area contributed by atoms with Crippen LogP contribution < -0.4 is 9.47 Å². The number of aliphatic hydroxyl groups is 1. The summed E-state index contributed by atoms with van der Waals surface area (Å²) in [7, 11) is 0. The fourth-order valence-corrected chi connectivity index (χ4v) is 6.82. The van der Waals surface area contributed by atoms with Gasteiger partial charge in [-0.05, 0) is 86.2 Å². The van der Waals surface area contributed by atoms with Gasteiger partial charge < -0.3 is 19.7 Å². The number of rotatable bonds is 8. The van der Waals surface area contributed by atoms with Crippen molar-refractivity contribution in [2.24, 2.45) is 17.3 Å². The lowest BCUT2D eigenvalue weighted by atomic mass is 9.55. The molecule has 6 heteroatoms. The number of aliphatic hydroxyl groups excluding tert-OH is 1. The van der Waals surface area contributed by atoms with Crippen molar-refractivity contribution in [2.75, 3.05) is 0 Å². The number of carbonyl (C=O) groups excluding carboxylic acids is 2. The van der Waals surface area contributed by atoms with Crippen molar-refractivity contribution >= 4 is 11.9 Å². The number of fused-ring (bicyclic) bond motifs is 5. The lowest BCUT2D eigenvalue weighted by Gasteiger charge is -2.50. The first kappa shape index (κ1) is 25.0. The van der Waals surface area contributed by atoms with Gasteiger partial charge in [0.1, 0.15) is 0 Å². The Morgan fingerprint density at radius 3 is 2.29 bits per heavy atom. The van der Waals surface area contributed by atoms with Gasteiger partial charge in [-0.25, -0.2) is 0 Å². The van der Waals surface area contributed by atoms with Crippen LogP contribution in [0.2, 0.25) is 0 Å². The fourth-order valence-electron chi connectivity index (χ4n) is 6.82. The number of esters is 2. The van der Waals surface area contributed by atoms with Gasteiger partial charge in [0.15, 0.2) is 11.5 Å². The standard InChI is InChI=1S/C28H40O6/c1-4-6-8-23(31)33-26-21(29)16-17-10-11-18-19(14-15-28(3)20(18)12-13-22(28)30)25(17)27(26)34-24(32)9-7-5-2/h16,18-20,22,29-30H,4-15H2,1-3H3/t18-,19-,20-,22-,28-/m0/s1. The molecule has 0 heterocycles. The molecular formula is C28H40O6. The number of unbranched alkanes of at least 4 members (excludes halogenated alkanes) is 2. The second-order valence-electron chi connectivity index (χ2n) is 10.8. The third-order valence-electron chi connectivity index (χ3n) is 8.75. The number of aromatic hydroxyl groups is 1. The highest BCUT2D eigenvalue weighted by Crippen LogP contribution is 2.63. The molecule has 188 valence electrons. The molecule has 1 aromatic rings. The zero-order valence-electron chi connectivity index (χ0n) is 20.9. The summed E-state index contributed by atoms with van der Waals surface area (Å²) in [4.78, 5) is 25.2. The number of phenolic OH excluding ortho intramolecular Hbond substituents is 1. The van der Waals surface area contributed by atoms with E-state index in [-0.39, 0.29) is 53.5 Å². The van der Waals surface area contributed by atoms with Crippen molar-refractivity contribution in [3.05, 3.63) is 17.2 Å². The van der Waals surface area contributed by atoms with Crippen molar-refractivity contribution in [3.8, 4) is 17.2 Å². The van der Waals surface area contributed by atoms with Gasteiger partial charge in [0, 0.05) is 18.4 Å². The van der Waals surface area contributed by atoms with E-state index in [1.54, 1.807) is 6.07 Å². The Hall–Kier alpha value is -2.08. The molecule has 2 saturated carbocycles. The smallest absolute Gasteiger partial charge is 0.311 e. The first-order chi connectivity index (χ1) is 16.3. The van der Waals surface area contributed by atoms with E-state index in [2.05, 4.69) is 6.92 Å². The molecule has 1 aromatic carbocycles. The zero-order valence-corrected chi connectivity index (χ0v) is 20.9. The largest absolute Gasteiger partial charge is 0.504 e. The number of carbonyl (C=O) groups is 2. The molecule has 2 fully saturated rings. The Morgan fingerprint density at radius 1 is 1.00 bits per heavy atom. The Bertz CT molecular complexity index is 924. The van der Waals surface area contributed by atoms with Crippen LogP contribution in [0.15, 0.2) is 6.07 Å². The molecule has 4 rings (SSSR count). The van der Waals surface area contributed by atoms with Gasteiger partial charge in [0.25, 0.3) is 0 Å². The normalized spacial score (nSPS) is 29.6. The second kappa shape index (κ2) is 10.3. The molecule has 0 unspecified atom stereocenters. The van der Waals surface area contributed by atoms with Crippen molar-refractivity contribution in [2.45, 2.75) is 110 Å². The number of hydrogen-bond donors (Lipinski definition) is 2. The Kier molecular flexibility index (Phi) is 7.56. The minimum absolute atomic E-state index is 0.00913. The third-order valence-corrected chi connectivity index (χ3v) is 8.75. The first-order valence-corrected chi connectivity index (χ1v) is 13.3. The second-order valence-corrected chi connectivity index (χ2v) is 10.8. The van der Waals surface area contributed by atoms with Gasteiger partial charge in [-0.3, -0.25) is 9.59 Å². The molecule has 5 atom stereocenters. The van der Waals surface area contributed by atoms with Crippen LogP contribution in [-0.2, 0) is 16.0 Å². The summed E-state index contributed by atoms with van der Waals surface area (Å²) in [6.07, 6.45) is 8.83. The van der Waals surface area contributed by atoms with Crippen molar-refractivity contribution in [1.29, 1.82) is 0 Å². The van der Waals surface area contributed by atoms with Gasteiger partial charge in [-0.1, -0.05) is 33.6 Å². The molecule has 34 heavy (non-hydrogen) atoms. The van der Waals surface area contributed by atoms with Crippen molar-refractivity contribution in [1.82, 2.24) is 0 Å². The van der Waals surface area contributed by atoms with Crippen molar-refractivity contribution in [3.63, 3.8) is 0 Å². The Labute approximate surface area is 203 Å². The maximum atomic E-state index is 12.7. The van der Waals surface area contributed by atoms with Gasteiger partial charge in [-0.2, -0.15) is 0 Å². The molecule has 0 bridgehead atoms. The van der Waals surface area contributed by atoms with E-state index in [9.17, 15) is 19.8 Å². The molecule has 3 aliphatic rings. The van der Waals surface area contributed by atoms with Gasteiger partial charge in [-0.15, -0.1) is 0 Å². The summed E-state index contributed by atoms with van der Waals surface area (Å²) in [5.41, 5.74) is 1.84. The molecule has 3 aliphatic carbocycles. The van der Waals surface area contributed by atoms with Gasteiger partial charge in [0.2, 0.25) is 5.75 Å². The van der Waals surface area contributed by atoms with Gasteiger partial charge in [0.05, 0.1) is 6.10 Å². The van der Waals surface area contributed by atoms with Crippen LogP contribution in [0.4, 0.5) is 0 Å². The summed E-state index contributed by atoms with van der Waals surface area (Å²) >= 11 is 0. The molecule has 0 amide bonds. The topological polar surface area (TPSA) is 93.1 Å². The number of ether oxygens (including phenoxy) is 2. The van der Waals surface area contributed by atoms with Crippen LogP contribution in [0, 0.1) is 17.3 Å². The number of aryl methyl sites for hydroxylation is 1. The van der Waals surface area contributed by atoms with E-state index in [0.717, 1.165) is 68.9 Å². The lowest BCUT2D eigenvalue weighted by molar-refractivity contribution is -0.137. The third kappa shape index (κ3) is 4.58. The molecule has 2 N–H and O–H groups in total. The van der Waals surface area contributed by atoms with Crippen LogP contribution >= 0.6 is 0 Å². The number of phenols is 1. The summed E-state index contributed by atoms with van der Waals surface area (Å²) in [6.45, 7) is 6.25. The SMILES string of the molecule is CCCCC(=O)Oc1c(O)cc2c(c1OC(=O)CCCC)[C@H]1CC[C@]3(C)[C@@H](O)CC[C@H]3[C@H]1CC2. The minimum atomic E-state index is -0.426. The quantitative estimate of drug-likeness (QED) is 0.367. The Morgan fingerprint density at radius 2 is 1.65 bits per heavy atom. The number of hydrogen-bond acceptors (Lipinski definition) is 6. The van der Waals surface area contributed by atoms with Crippen LogP contribution in [0.5, 0.6) is 17.2 Å². The molecule has 0 spiro atoms. The summed E-state index contributed by atoms with van der Waals surface area (Å²) in [6, 6.07) is 1.70. The highest BCUT2D eigenvalue weighted by molar-refractivity contribution is 5.79. The molecular weight excluding hydrogens is 432 g/mol. The summed E-state index contributed by atoms with van der Waals surface area (Å²) < 4.78 is 11.6. The predicted molar refractivity (Wildman–Crippen MR) is 129 cm³/mol. The molecule has 0 saturated heterocycles. The first-order valence-electron chi connectivity index (χ1n) is 13.3. The lowest BCUT2D eigenvalue weighted by Crippen LogP contribution is -2.44. The maximum absolute atomic E-state index is 12.7. The molecule has 0 radical (unpaired) electrons. The van der Waals surface area contributed by atoms with Crippen LogP contribution in [-0.4, -0.2) is 28.3 Å². The Balaban J connectivity index is 1.73. The number of benzene rings is 1. The molecule has 0 aliphatic heterocycles. The average Bonchev–Trinajstić information content (AvgIpc) is 3.12. The zero-order chi connectivity index (χ0) is 24.5. The van der Waals surface area contributed by atoms with E-state index in [1.807, 2.05) is 13.8 Å². The van der Waals surface area contributed by atoms with E-state index >= 15 is 0 Å². The summed E-state index contributed by atoms with van der Waals surface area (Å²) in [5.74, 6) is 0.270. The predicted octanol–water partition coefficient (Wildman–Crippen LogP) is 5.80. The van der Waals surface area contributed by atoms with E-state index < -0.39 is 5.97 Å². The highest BCUT2D eigenvalue weighted by atomic mass is 16.6. The monoisotopic (exact) mass is 472 g/mol. The van der Waals surface area contributed by atoms with Crippen LogP contribution in [0.1, 0.15) is 108 Å². The van der Waals surface area contributed by atoms with E-state index in [4.69, 9.17) is 9.47 Å². The van der Waals surface area contributed by atoms with Gasteiger partial charge >= 0.3 is 11.9 Å². The minimum Gasteiger partial charge on any atom is -0.504 e. The van der Waals surface area contributed by atoms with E-state index in [0.29, 0.717) is 18.3 Å². The molecule has 6 nitrogen and oxygen atoms in total. The molecule has 0 aromatic heterocycles. The van der Waals surface area contributed by atoms with E-state index in [1.165, 1.54) is 0 Å². The van der Waals surface area contributed by atoms with Crippen LogP contribution in [0.3, 0.4) is 0 Å². The fraction of sp³-hybridized carbons (Fsp3) is 0.714.